The van der Waals surface area contributed by atoms with E-state index in [0.29, 0.717) is 33.0 Å². The normalized spacial score (nSPS) is 9.12. The highest BCUT2D eigenvalue weighted by Crippen LogP contribution is 1.80. The summed E-state index contributed by atoms with van der Waals surface area (Å²) < 4.78 is 14.9. The van der Waals surface area contributed by atoms with Crippen molar-refractivity contribution in [1.82, 2.24) is 0 Å². The summed E-state index contributed by atoms with van der Waals surface area (Å²) in [6.07, 6.45) is 0. The van der Waals surface area contributed by atoms with Gasteiger partial charge in [-0.05, 0) is 25.0 Å². The molecule has 0 aromatic carbocycles. The molecule has 0 atom stereocenters. The summed E-state index contributed by atoms with van der Waals surface area (Å²) in [7, 11) is 0. The number of carboxylic acids is 2. The average molecular weight is 363 g/mol. The van der Waals surface area contributed by atoms with E-state index in [0.717, 1.165) is 0 Å². The first-order chi connectivity index (χ1) is 11.7. The van der Waals surface area contributed by atoms with Gasteiger partial charge < -0.3 is 44.2 Å². The van der Waals surface area contributed by atoms with Crippen LogP contribution in [0.5, 0.6) is 0 Å². The Kier molecular flexibility index (Phi) is 24.9. The van der Waals surface area contributed by atoms with Gasteiger partial charge in [-0.3, -0.25) is 0 Å². The van der Waals surface area contributed by atoms with Gasteiger partial charge in [0.2, 0.25) is 0 Å². The van der Waals surface area contributed by atoms with Crippen LogP contribution in [-0.2, 0) is 23.8 Å². The zero-order chi connectivity index (χ0) is 20.1. The Morgan fingerprint density at radius 3 is 1.32 bits per heavy atom. The highest BCUT2D eigenvalue weighted by atomic mass is 16.5. The van der Waals surface area contributed by atoms with Gasteiger partial charge >= 0.3 is 0 Å². The number of hydrogen-bond donors (Lipinski definition) is 1. The molecule has 0 saturated heterocycles. The van der Waals surface area contributed by atoms with Crippen molar-refractivity contribution in [3.05, 3.63) is 24.3 Å². The minimum Gasteiger partial charge on any atom is -0.853 e. The lowest BCUT2D eigenvalue weighted by Gasteiger charge is -2.07. The first-order valence-corrected chi connectivity index (χ1v) is 7.36. The lowest BCUT2D eigenvalue weighted by molar-refractivity contribution is -0.374. The van der Waals surface area contributed by atoms with Crippen molar-refractivity contribution >= 4 is 11.9 Å². The SMILES string of the molecule is C=C(C)C(=O)[O-].C=C(C)C(=O)[O-].[O-]CCOCCOCCOCCO. The first-order valence-electron chi connectivity index (χ1n) is 7.36. The van der Waals surface area contributed by atoms with E-state index in [1.54, 1.807) is 0 Å². The van der Waals surface area contributed by atoms with Crippen molar-refractivity contribution in [2.24, 2.45) is 0 Å². The largest absolute Gasteiger partial charge is 0.853 e. The molecule has 0 fully saturated rings. The Morgan fingerprint density at radius 1 is 0.800 bits per heavy atom. The molecule has 148 valence electrons. The molecule has 0 unspecified atom stereocenters. The predicted molar refractivity (Wildman–Crippen MR) is 84.1 cm³/mol. The summed E-state index contributed by atoms with van der Waals surface area (Å²) in [6.45, 7) is 11.2. The molecule has 0 bridgehead atoms. The van der Waals surface area contributed by atoms with Gasteiger partial charge in [-0.1, -0.05) is 13.2 Å². The van der Waals surface area contributed by atoms with E-state index in [1.807, 2.05) is 0 Å². The maximum Gasteiger partial charge on any atom is 0.0701 e. The van der Waals surface area contributed by atoms with E-state index < -0.39 is 11.9 Å². The summed E-state index contributed by atoms with van der Waals surface area (Å²) in [6, 6.07) is 0. The lowest BCUT2D eigenvalue weighted by atomic mass is 10.4. The second-order valence-corrected chi connectivity index (χ2v) is 4.40. The van der Waals surface area contributed by atoms with Gasteiger partial charge in [0, 0.05) is 6.61 Å². The number of ether oxygens (including phenoxy) is 3. The van der Waals surface area contributed by atoms with Crippen molar-refractivity contribution in [2.75, 3.05) is 52.9 Å². The third-order valence-electron chi connectivity index (χ3n) is 1.90. The predicted octanol–water partition coefficient (Wildman–Crippen LogP) is -2.99. The lowest BCUT2D eigenvalue weighted by Crippen LogP contribution is -2.22. The van der Waals surface area contributed by atoms with Crippen LogP contribution >= 0.6 is 0 Å². The fourth-order valence-corrected chi connectivity index (χ4v) is 0.665. The van der Waals surface area contributed by atoms with Gasteiger partial charge in [-0.15, -0.1) is 6.61 Å². The minimum absolute atomic E-state index is 0.0343. The van der Waals surface area contributed by atoms with Crippen LogP contribution in [0.4, 0.5) is 0 Å². The van der Waals surface area contributed by atoms with Crippen LogP contribution in [-0.4, -0.2) is 69.9 Å². The first kappa shape index (κ1) is 28.0. The number of aliphatic hydroxyl groups is 1. The van der Waals surface area contributed by atoms with Gasteiger partial charge in [-0.25, -0.2) is 0 Å². The molecular formula is C16H27O9-3. The maximum atomic E-state index is 9.93. The molecule has 0 aliphatic rings. The Labute approximate surface area is 148 Å². The van der Waals surface area contributed by atoms with Gasteiger partial charge in [0.15, 0.2) is 0 Å². The Hall–Kier alpha value is -1.78. The van der Waals surface area contributed by atoms with E-state index in [4.69, 9.17) is 19.3 Å². The van der Waals surface area contributed by atoms with Crippen molar-refractivity contribution in [2.45, 2.75) is 13.8 Å². The van der Waals surface area contributed by atoms with Crippen molar-refractivity contribution in [3.63, 3.8) is 0 Å². The molecule has 0 aromatic heterocycles. The number of carbonyl (C=O) groups excluding carboxylic acids is 2. The number of aliphatic carboxylic acids is 2. The van der Waals surface area contributed by atoms with Crippen molar-refractivity contribution in [3.8, 4) is 0 Å². The number of carboxylic acid groups (broad SMARTS) is 2. The Bertz CT molecular complexity index is 309. The summed E-state index contributed by atoms with van der Waals surface area (Å²) in [5.41, 5.74) is 0.130. The average Bonchev–Trinajstić information content (AvgIpc) is 2.54. The molecule has 9 nitrogen and oxygen atoms in total. The van der Waals surface area contributed by atoms with Gasteiger partial charge in [0.05, 0.1) is 51.6 Å². The van der Waals surface area contributed by atoms with E-state index in [9.17, 15) is 24.9 Å². The molecule has 0 spiro atoms. The molecule has 0 heterocycles. The second kappa shape index (κ2) is 22.2. The van der Waals surface area contributed by atoms with E-state index >= 15 is 0 Å². The standard InChI is InChI=1S/C8H17O5.2C4H6O2/c9-1-3-11-5-7-13-8-6-12-4-2-10;2*1-3(2)4(5)6/h9H,1-8H2;2*1H2,2H3,(H,5,6)/q-1;;/p-2. The maximum absolute atomic E-state index is 9.93. The van der Waals surface area contributed by atoms with Crippen LogP contribution in [0.3, 0.4) is 0 Å². The van der Waals surface area contributed by atoms with Crippen LogP contribution < -0.4 is 15.3 Å². The van der Waals surface area contributed by atoms with Crippen molar-refractivity contribution < 1.29 is 44.2 Å². The fourth-order valence-electron chi connectivity index (χ4n) is 0.665. The number of aliphatic hydroxyl groups excluding tert-OH is 1. The summed E-state index contributed by atoms with van der Waals surface area (Å²) in [5, 5.41) is 37.3. The topological polar surface area (TPSA) is 151 Å². The molecule has 0 rings (SSSR count). The minimum atomic E-state index is -1.19. The van der Waals surface area contributed by atoms with Gasteiger partial charge in [-0.2, -0.15) is 0 Å². The monoisotopic (exact) mass is 363 g/mol. The highest BCUT2D eigenvalue weighted by Gasteiger charge is 1.89. The smallest absolute Gasteiger partial charge is 0.0701 e. The molecule has 9 heteroatoms. The van der Waals surface area contributed by atoms with Crippen LogP contribution in [0.15, 0.2) is 24.3 Å². The van der Waals surface area contributed by atoms with Gasteiger partial charge in [0.25, 0.3) is 0 Å². The highest BCUT2D eigenvalue weighted by molar-refractivity contribution is 5.83. The third kappa shape index (κ3) is 34.5. The molecule has 0 aliphatic heterocycles. The molecule has 0 radical (unpaired) electrons. The van der Waals surface area contributed by atoms with Crippen LogP contribution in [0.25, 0.3) is 0 Å². The van der Waals surface area contributed by atoms with Gasteiger partial charge in [0.1, 0.15) is 0 Å². The van der Waals surface area contributed by atoms with Crippen LogP contribution in [0, 0.1) is 0 Å². The summed E-state index contributed by atoms with van der Waals surface area (Å²) in [4.78, 5) is 19.0. The molecule has 0 amide bonds. The van der Waals surface area contributed by atoms with E-state index in [-0.39, 0.29) is 31.0 Å². The molecule has 25 heavy (non-hydrogen) atoms. The third-order valence-corrected chi connectivity index (χ3v) is 1.90. The van der Waals surface area contributed by atoms with Crippen LogP contribution in [0.1, 0.15) is 13.8 Å². The summed E-state index contributed by atoms with van der Waals surface area (Å²) in [5.74, 6) is -2.37. The van der Waals surface area contributed by atoms with E-state index in [2.05, 4.69) is 13.2 Å². The number of hydrogen-bond acceptors (Lipinski definition) is 9. The zero-order valence-electron chi connectivity index (χ0n) is 14.8. The van der Waals surface area contributed by atoms with Crippen LogP contribution in [0.2, 0.25) is 0 Å². The zero-order valence-corrected chi connectivity index (χ0v) is 14.8. The number of rotatable bonds is 12. The molecule has 0 aromatic rings. The molecular weight excluding hydrogens is 336 g/mol. The quantitative estimate of drug-likeness (QED) is 0.283. The molecule has 0 aliphatic carbocycles. The molecule has 1 N–H and O–H groups in total. The Morgan fingerprint density at radius 2 is 1.08 bits per heavy atom. The van der Waals surface area contributed by atoms with Crippen molar-refractivity contribution in [1.29, 1.82) is 0 Å². The molecule has 0 saturated carbocycles. The Balaban J connectivity index is -0.000000336. The number of carbonyl (C=O) groups is 2. The fraction of sp³-hybridized carbons (Fsp3) is 0.625. The van der Waals surface area contributed by atoms with E-state index in [1.165, 1.54) is 13.8 Å². The second-order valence-electron chi connectivity index (χ2n) is 4.40. The summed E-state index contributed by atoms with van der Waals surface area (Å²) >= 11 is 0.